The third-order valence-electron chi connectivity index (χ3n) is 4.22. The highest BCUT2D eigenvalue weighted by Gasteiger charge is 2.36. The van der Waals surface area contributed by atoms with Gasteiger partial charge in [0.05, 0.1) is 25.7 Å². The summed E-state index contributed by atoms with van der Waals surface area (Å²) >= 11 is 0. The molecule has 0 saturated carbocycles. The highest BCUT2D eigenvalue weighted by atomic mass is 16.5. The van der Waals surface area contributed by atoms with Gasteiger partial charge in [-0.3, -0.25) is 4.79 Å². The molecule has 2 aromatic rings. The Morgan fingerprint density at radius 2 is 1.70 bits per heavy atom. The zero-order valence-electron chi connectivity index (χ0n) is 16.2. The topological polar surface area (TPSA) is 86.9 Å². The molecule has 0 atom stereocenters. The summed E-state index contributed by atoms with van der Waals surface area (Å²) in [6.07, 6.45) is 0. The molecule has 8 nitrogen and oxygen atoms in total. The van der Waals surface area contributed by atoms with Crippen LogP contribution >= 0.6 is 0 Å². The second kappa shape index (κ2) is 8.28. The van der Waals surface area contributed by atoms with Crippen molar-refractivity contribution in [3.63, 3.8) is 0 Å². The van der Waals surface area contributed by atoms with Gasteiger partial charge in [-0.15, -0.1) is 0 Å². The van der Waals surface area contributed by atoms with Crippen LogP contribution in [0, 0.1) is 6.92 Å². The van der Waals surface area contributed by atoms with Crippen LogP contribution < -0.4 is 14.2 Å². The highest BCUT2D eigenvalue weighted by Crippen LogP contribution is 2.40. The van der Waals surface area contributed by atoms with Gasteiger partial charge in [-0.05, 0) is 39.8 Å². The van der Waals surface area contributed by atoms with Crippen LogP contribution in [-0.2, 0) is 0 Å². The summed E-state index contributed by atoms with van der Waals surface area (Å²) in [5.74, 6) is 2.72. The van der Waals surface area contributed by atoms with Crippen molar-refractivity contribution in [1.29, 1.82) is 0 Å². The number of ether oxygens (including phenoxy) is 3. The maximum Gasteiger partial charge on any atom is 0.254 e. The Morgan fingerprint density at radius 3 is 2.19 bits per heavy atom. The fourth-order valence-corrected chi connectivity index (χ4v) is 2.97. The van der Waals surface area contributed by atoms with Crippen LogP contribution in [0.15, 0.2) is 16.7 Å². The quantitative estimate of drug-likeness (QED) is 0.701. The van der Waals surface area contributed by atoms with Gasteiger partial charge in [0.1, 0.15) is 0 Å². The number of carbonyl (C=O) groups excluding carboxylic acids is 1. The molecule has 0 bridgehead atoms. The number of aromatic nitrogens is 2. The van der Waals surface area contributed by atoms with E-state index < -0.39 is 0 Å². The van der Waals surface area contributed by atoms with E-state index in [2.05, 4.69) is 10.1 Å². The molecule has 1 aliphatic heterocycles. The third-order valence-corrected chi connectivity index (χ3v) is 4.22. The summed E-state index contributed by atoms with van der Waals surface area (Å²) in [5.41, 5.74) is 0.505. The molecule has 0 spiro atoms. The molecule has 1 aromatic carbocycles. The number of hydrogen-bond donors (Lipinski definition) is 0. The lowest BCUT2D eigenvalue weighted by atomic mass is 9.98. The van der Waals surface area contributed by atoms with Crippen molar-refractivity contribution in [1.82, 2.24) is 15.0 Å². The minimum absolute atomic E-state index is 0.0792. The van der Waals surface area contributed by atoms with E-state index in [0.29, 0.717) is 67.4 Å². The lowest BCUT2D eigenvalue weighted by Gasteiger charge is -2.37. The van der Waals surface area contributed by atoms with Crippen molar-refractivity contribution in [2.75, 3.05) is 32.9 Å². The smallest absolute Gasteiger partial charge is 0.254 e. The standard InChI is InChI=1S/C19H25N3O5/c1-5-24-15-8-13(9-16(25-6-2)17(15)26-7-3)19(23)22-10-14(11-22)18-20-12(4)21-27-18/h8-9,14H,5-7,10-11H2,1-4H3. The van der Waals surface area contributed by atoms with E-state index in [1.54, 1.807) is 24.0 Å². The van der Waals surface area contributed by atoms with Crippen molar-refractivity contribution in [3.8, 4) is 17.2 Å². The van der Waals surface area contributed by atoms with Crippen LogP contribution in [0.1, 0.15) is 48.8 Å². The summed E-state index contributed by atoms with van der Waals surface area (Å²) in [7, 11) is 0. The lowest BCUT2D eigenvalue weighted by Crippen LogP contribution is -2.48. The minimum atomic E-state index is -0.0903. The maximum absolute atomic E-state index is 12.9. The van der Waals surface area contributed by atoms with Crippen LogP contribution in [0.25, 0.3) is 0 Å². The number of benzene rings is 1. The monoisotopic (exact) mass is 375 g/mol. The first-order chi connectivity index (χ1) is 13.1. The Morgan fingerprint density at radius 1 is 1.11 bits per heavy atom. The largest absolute Gasteiger partial charge is 0.490 e. The molecule has 3 rings (SSSR count). The number of carbonyl (C=O) groups is 1. The maximum atomic E-state index is 12.9. The van der Waals surface area contributed by atoms with Crippen LogP contribution in [0.5, 0.6) is 17.2 Å². The number of amides is 1. The van der Waals surface area contributed by atoms with Gasteiger partial charge in [-0.25, -0.2) is 0 Å². The number of likely N-dealkylation sites (tertiary alicyclic amines) is 1. The number of aryl methyl sites for hydroxylation is 1. The zero-order chi connectivity index (χ0) is 19.4. The number of nitrogens with zero attached hydrogens (tertiary/aromatic N) is 3. The predicted molar refractivity (Wildman–Crippen MR) is 97.6 cm³/mol. The van der Waals surface area contributed by atoms with E-state index in [0.717, 1.165) is 0 Å². The molecule has 1 amide bonds. The average molecular weight is 375 g/mol. The second-order valence-corrected chi connectivity index (χ2v) is 6.19. The van der Waals surface area contributed by atoms with Crippen LogP contribution in [0.4, 0.5) is 0 Å². The molecule has 0 unspecified atom stereocenters. The Balaban J connectivity index is 1.79. The van der Waals surface area contributed by atoms with E-state index in [1.807, 2.05) is 20.8 Å². The molecule has 1 aliphatic rings. The number of rotatable bonds is 8. The van der Waals surface area contributed by atoms with Gasteiger partial charge in [0.15, 0.2) is 17.3 Å². The molecule has 1 fully saturated rings. The van der Waals surface area contributed by atoms with Crippen LogP contribution in [0.3, 0.4) is 0 Å². The van der Waals surface area contributed by atoms with Crippen molar-refractivity contribution >= 4 is 5.91 Å². The second-order valence-electron chi connectivity index (χ2n) is 6.19. The van der Waals surface area contributed by atoms with Gasteiger partial charge in [0.2, 0.25) is 11.6 Å². The third kappa shape index (κ3) is 3.99. The Bertz CT molecular complexity index is 771. The van der Waals surface area contributed by atoms with E-state index >= 15 is 0 Å². The zero-order valence-corrected chi connectivity index (χ0v) is 16.2. The molecule has 0 N–H and O–H groups in total. The van der Waals surface area contributed by atoms with Gasteiger partial charge >= 0.3 is 0 Å². The van der Waals surface area contributed by atoms with E-state index in [1.165, 1.54) is 0 Å². The Kier molecular flexibility index (Phi) is 5.83. The average Bonchev–Trinajstić information content (AvgIpc) is 3.02. The first kappa shape index (κ1) is 19.0. The molecular formula is C19H25N3O5. The van der Waals surface area contributed by atoms with Gasteiger partial charge in [-0.1, -0.05) is 5.16 Å². The summed E-state index contributed by atoms with van der Waals surface area (Å²) in [5, 5.41) is 3.80. The number of hydrogen-bond acceptors (Lipinski definition) is 7. The van der Waals surface area contributed by atoms with Crippen LogP contribution in [-0.4, -0.2) is 53.9 Å². The normalized spacial score (nSPS) is 14.0. The fraction of sp³-hybridized carbons (Fsp3) is 0.526. The fourth-order valence-electron chi connectivity index (χ4n) is 2.97. The van der Waals surface area contributed by atoms with Crippen molar-refractivity contribution < 1.29 is 23.5 Å². The summed E-state index contributed by atoms with van der Waals surface area (Å²) in [6.45, 7) is 9.93. The Labute approximate surface area is 158 Å². The molecule has 27 heavy (non-hydrogen) atoms. The van der Waals surface area contributed by atoms with Crippen molar-refractivity contribution in [2.45, 2.75) is 33.6 Å². The predicted octanol–water partition coefficient (Wildman–Crippen LogP) is 2.81. The summed E-state index contributed by atoms with van der Waals surface area (Å²) < 4.78 is 22.2. The van der Waals surface area contributed by atoms with Gasteiger partial charge in [0.25, 0.3) is 5.91 Å². The van der Waals surface area contributed by atoms with E-state index in [-0.39, 0.29) is 11.8 Å². The van der Waals surface area contributed by atoms with Crippen LogP contribution in [0.2, 0.25) is 0 Å². The SMILES string of the molecule is CCOc1cc(C(=O)N2CC(c3nc(C)no3)C2)cc(OCC)c1OCC. The van der Waals surface area contributed by atoms with Gasteiger partial charge in [0, 0.05) is 18.7 Å². The highest BCUT2D eigenvalue weighted by molar-refractivity contribution is 5.96. The van der Waals surface area contributed by atoms with Crippen molar-refractivity contribution in [3.05, 3.63) is 29.4 Å². The first-order valence-corrected chi connectivity index (χ1v) is 9.23. The van der Waals surface area contributed by atoms with Gasteiger partial charge < -0.3 is 23.6 Å². The first-order valence-electron chi connectivity index (χ1n) is 9.23. The molecule has 0 radical (unpaired) electrons. The molecule has 2 heterocycles. The lowest BCUT2D eigenvalue weighted by molar-refractivity contribution is 0.0568. The molecule has 1 aromatic heterocycles. The minimum Gasteiger partial charge on any atom is -0.490 e. The summed E-state index contributed by atoms with van der Waals surface area (Å²) in [4.78, 5) is 18.9. The molecule has 8 heteroatoms. The van der Waals surface area contributed by atoms with E-state index in [9.17, 15) is 4.79 Å². The van der Waals surface area contributed by atoms with Crippen molar-refractivity contribution in [2.24, 2.45) is 0 Å². The summed E-state index contributed by atoms with van der Waals surface area (Å²) in [6, 6.07) is 3.42. The molecule has 1 saturated heterocycles. The van der Waals surface area contributed by atoms with Gasteiger partial charge in [-0.2, -0.15) is 4.98 Å². The Hall–Kier alpha value is -2.77. The van der Waals surface area contributed by atoms with E-state index in [4.69, 9.17) is 18.7 Å². The molecule has 0 aliphatic carbocycles. The molecular weight excluding hydrogens is 350 g/mol. The molecule has 146 valence electrons.